The molecule has 10 heavy (non-hydrogen) atoms. The molecular weight excluding hydrogens is 155 g/mol. The number of benzene rings is 1. The SMILES string of the molecule is Fc1ccc(COCl)cc1. The van der Waals surface area contributed by atoms with Gasteiger partial charge in [0.1, 0.15) is 5.82 Å². The smallest absolute Gasteiger partial charge is 0.123 e. The number of hydrogen-bond acceptors (Lipinski definition) is 1. The van der Waals surface area contributed by atoms with Gasteiger partial charge in [0.15, 0.2) is 0 Å². The zero-order chi connectivity index (χ0) is 7.40. The summed E-state index contributed by atoms with van der Waals surface area (Å²) in [4.78, 5) is 0. The van der Waals surface area contributed by atoms with Gasteiger partial charge in [-0.1, -0.05) is 12.1 Å². The molecule has 0 aliphatic rings. The van der Waals surface area contributed by atoms with Crippen LogP contribution in [0.2, 0.25) is 0 Å². The largest absolute Gasteiger partial charge is 0.274 e. The normalized spacial score (nSPS) is 9.80. The van der Waals surface area contributed by atoms with Gasteiger partial charge in [-0.05, 0) is 17.7 Å². The third-order valence-corrected chi connectivity index (χ3v) is 1.24. The van der Waals surface area contributed by atoms with Crippen LogP contribution in [0, 0.1) is 5.82 Å². The van der Waals surface area contributed by atoms with Crippen LogP contribution >= 0.6 is 11.9 Å². The van der Waals surface area contributed by atoms with Gasteiger partial charge >= 0.3 is 0 Å². The van der Waals surface area contributed by atoms with Gasteiger partial charge in [-0.25, -0.2) is 4.39 Å². The number of hydrogen-bond donors (Lipinski definition) is 0. The summed E-state index contributed by atoms with van der Waals surface area (Å²) in [5, 5.41) is 0. The van der Waals surface area contributed by atoms with E-state index in [-0.39, 0.29) is 5.82 Å². The van der Waals surface area contributed by atoms with Crippen molar-refractivity contribution in [3.8, 4) is 0 Å². The monoisotopic (exact) mass is 160 g/mol. The molecule has 0 atom stereocenters. The molecule has 0 saturated carbocycles. The molecule has 0 aromatic heterocycles. The fourth-order valence-electron chi connectivity index (χ4n) is 0.644. The van der Waals surface area contributed by atoms with Gasteiger partial charge in [-0.15, -0.1) is 0 Å². The summed E-state index contributed by atoms with van der Waals surface area (Å²) in [5.74, 6) is -0.252. The topological polar surface area (TPSA) is 9.23 Å². The molecule has 0 saturated heterocycles. The highest BCUT2D eigenvalue weighted by molar-refractivity contribution is 6.07. The van der Waals surface area contributed by atoms with E-state index in [1.54, 1.807) is 12.1 Å². The minimum atomic E-state index is -0.252. The zero-order valence-corrected chi connectivity index (χ0v) is 5.94. The molecule has 0 fully saturated rings. The summed E-state index contributed by atoms with van der Waals surface area (Å²) < 4.78 is 16.6. The standard InChI is InChI=1S/C7H6ClFO/c8-10-5-6-1-3-7(9)4-2-6/h1-4H,5H2. The molecule has 0 aliphatic carbocycles. The van der Waals surface area contributed by atoms with Crippen molar-refractivity contribution >= 4 is 11.9 Å². The first-order valence-corrected chi connectivity index (χ1v) is 3.12. The van der Waals surface area contributed by atoms with Crippen LogP contribution in [-0.2, 0) is 10.9 Å². The van der Waals surface area contributed by atoms with Crippen molar-refractivity contribution < 1.29 is 8.68 Å². The minimum absolute atomic E-state index is 0.252. The van der Waals surface area contributed by atoms with Crippen molar-refractivity contribution in [1.82, 2.24) is 0 Å². The number of halogens is 2. The van der Waals surface area contributed by atoms with Crippen LogP contribution in [-0.4, -0.2) is 0 Å². The molecule has 1 aromatic carbocycles. The van der Waals surface area contributed by atoms with Gasteiger partial charge in [0.2, 0.25) is 0 Å². The first kappa shape index (κ1) is 7.51. The molecule has 0 unspecified atom stereocenters. The van der Waals surface area contributed by atoms with Crippen LogP contribution in [0.15, 0.2) is 24.3 Å². The van der Waals surface area contributed by atoms with E-state index in [0.29, 0.717) is 6.61 Å². The lowest BCUT2D eigenvalue weighted by Gasteiger charge is -1.94. The number of rotatable bonds is 2. The molecule has 0 N–H and O–H groups in total. The van der Waals surface area contributed by atoms with E-state index in [4.69, 9.17) is 11.9 Å². The Balaban J connectivity index is 2.69. The molecule has 0 heterocycles. The van der Waals surface area contributed by atoms with Crippen molar-refractivity contribution in [3.63, 3.8) is 0 Å². The maximum absolute atomic E-state index is 12.3. The molecule has 54 valence electrons. The van der Waals surface area contributed by atoms with Gasteiger partial charge in [0, 0.05) is 0 Å². The predicted octanol–water partition coefficient (Wildman–Crippen LogP) is 2.50. The highest BCUT2D eigenvalue weighted by Crippen LogP contribution is 2.04. The zero-order valence-electron chi connectivity index (χ0n) is 5.18. The third kappa shape index (κ3) is 1.97. The maximum atomic E-state index is 12.3. The lowest BCUT2D eigenvalue weighted by molar-refractivity contribution is 0.340. The summed E-state index contributed by atoms with van der Waals surface area (Å²) in [6, 6.07) is 5.98. The molecule has 3 heteroatoms. The van der Waals surface area contributed by atoms with Crippen molar-refractivity contribution in [1.29, 1.82) is 0 Å². The van der Waals surface area contributed by atoms with Crippen LogP contribution in [0.4, 0.5) is 4.39 Å². The Morgan fingerprint density at radius 1 is 1.30 bits per heavy atom. The molecule has 0 aliphatic heterocycles. The highest BCUT2D eigenvalue weighted by atomic mass is 35.5. The van der Waals surface area contributed by atoms with E-state index in [0.717, 1.165) is 5.56 Å². The van der Waals surface area contributed by atoms with Gasteiger partial charge in [-0.2, -0.15) is 0 Å². The van der Waals surface area contributed by atoms with Gasteiger partial charge in [-0.3, -0.25) is 4.29 Å². The predicted molar refractivity (Wildman–Crippen MR) is 37.0 cm³/mol. The van der Waals surface area contributed by atoms with Crippen LogP contribution < -0.4 is 0 Å². The Bertz CT molecular complexity index is 197. The molecule has 1 nitrogen and oxygen atoms in total. The lowest BCUT2D eigenvalue weighted by Crippen LogP contribution is -1.83. The molecule has 0 spiro atoms. The Labute approximate surface area is 63.6 Å². The minimum Gasteiger partial charge on any atom is -0.274 e. The summed E-state index contributed by atoms with van der Waals surface area (Å²) >= 11 is 4.98. The van der Waals surface area contributed by atoms with E-state index < -0.39 is 0 Å². The quantitative estimate of drug-likeness (QED) is 0.646. The second-order valence-electron chi connectivity index (χ2n) is 1.88. The van der Waals surface area contributed by atoms with Crippen LogP contribution in [0.5, 0.6) is 0 Å². The van der Waals surface area contributed by atoms with E-state index in [9.17, 15) is 4.39 Å². The van der Waals surface area contributed by atoms with E-state index in [1.807, 2.05) is 0 Å². The molecule has 0 amide bonds. The van der Waals surface area contributed by atoms with E-state index in [2.05, 4.69) is 4.29 Å². The van der Waals surface area contributed by atoms with Crippen molar-refractivity contribution in [2.24, 2.45) is 0 Å². The summed E-state index contributed by atoms with van der Waals surface area (Å²) in [6.45, 7) is 0.307. The van der Waals surface area contributed by atoms with Gasteiger partial charge in [0.25, 0.3) is 0 Å². The second kappa shape index (κ2) is 3.54. The summed E-state index contributed by atoms with van der Waals surface area (Å²) in [7, 11) is 0. The molecule has 0 bridgehead atoms. The molecule has 1 aromatic rings. The first-order valence-electron chi connectivity index (χ1n) is 2.81. The first-order chi connectivity index (χ1) is 4.83. The molecule has 1 rings (SSSR count). The van der Waals surface area contributed by atoms with Crippen molar-refractivity contribution in [3.05, 3.63) is 35.6 Å². The Morgan fingerprint density at radius 2 is 1.90 bits per heavy atom. The summed E-state index contributed by atoms with van der Waals surface area (Å²) in [6.07, 6.45) is 0. The van der Waals surface area contributed by atoms with Crippen LogP contribution in [0.25, 0.3) is 0 Å². The maximum Gasteiger partial charge on any atom is 0.123 e. The molecule has 0 radical (unpaired) electrons. The van der Waals surface area contributed by atoms with Crippen molar-refractivity contribution in [2.75, 3.05) is 0 Å². The summed E-state index contributed by atoms with van der Waals surface area (Å²) in [5.41, 5.74) is 0.858. The van der Waals surface area contributed by atoms with E-state index in [1.165, 1.54) is 12.1 Å². The highest BCUT2D eigenvalue weighted by Gasteiger charge is 1.91. The van der Waals surface area contributed by atoms with E-state index >= 15 is 0 Å². The van der Waals surface area contributed by atoms with Gasteiger partial charge in [0.05, 0.1) is 18.5 Å². The average molecular weight is 161 g/mol. The Hall–Kier alpha value is -0.600. The molecular formula is C7H6ClFO. The fourth-order valence-corrected chi connectivity index (χ4v) is 0.770. The van der Waals surface area contributed by atoms with Gasteiger partial charge < -0.3 is 0 Å². The van der Waals surface area contributed by atoms with Crippen LogP contribution in [0.1, 0.15) is 5.56 Å². The Kier molecular flexibility index (Phi) is 2.66. The third-order valence-electron chi connectivity index (χ3n) is 1.13. The average Bonchev–Trinajstić information content (AvgIpc) is 1.95. The lowest BCUT2D eigenvalue weighted by atomic mass is 10.2. The van der Waals surface area contributed by atoms with Crippen molar-refractivity contribution in [2.45, 2.75) is 6.61 Å². The van der Waals surface area contributed by atoms with Crippen LogP contribution in [0.3, 0.4) is 0 Å². The fraction of sp³-hybridized carbons (Fsp3) is 0.143. The second-order valence-corrected chi connectivity index (χ2v) is 2.10. The Morgan fingerprint density at radius 3 is 2.40 bits per heavy atom.